The van der Waals surface area contributed by atoms with E-state index in [0.29, 0.717) is 28.9 Å². The third kappa shape index (κ3) is 2.09. The van der Waals surface area contributed by atoms with E-state index in [-0.39, 0.29) is 24.6 Å². The molecule has 28 heavy (non-hydrogen) atoms. The van der Waals surface area contributed by atoms with E-state index in [9.17, 15) is 9.59 Å². The first kappa shape index (κ1) is 16.7. The smallest absolute Gasteiger partial charge is 0.273 e. The Morgan fingerprint density at radius 1 is 1.00 bits per heavy atom. The van der Waals surface area contributed by atoms with Gasteiger partial charge in [-0.05, 0) is 87.8 Å². The van der Waals surface area contributed by atoms with Gasteiger partial charge in [0.25, 0.3) is 11.8 Å². The monoisotopic (exact) mass is 382 g/mol. The molecule has 6 heteroatoms. The van der Waals surface area contributed by atoms with Crippen molar-refractivity contribution in [3.63, 3.8) is 0 Å². The number of rotatable bonds is 2. The van der Waals surface area contributed by atoms with Gasteiger partial charge in [0.1, 0.15) is 5.54 Å². The van der Waals surface area contributed by atoms with Gasteiger partial charge in [-0.15, -0.1) is 0 Å². The van der Waals surface area contributed by atoms with Crippen LogP contribution in [0.2, 0.25) is 0 Å². The van der Waals surface area contributed by atoms with E-state index >= 15 is 0 Å². The van der Waals surface area contributed by atoms with Gasteiger partial charge >= 0.3 is 0 Å². The first-order valence-electron chi connectivity index (χ1n) is 10.5. The van der Waals surface area contributed by atoms with Gasteiger partial charge in [-0.25, -0.2) is 10.0 Å². The molecule has 6 nitrogen and oxygen atoms in total. The van der Waals surface area contributed by atoms with Crippen molar-refractivity contribution in [3.8, 4) is 11.5 Å². The fourth-order valence-electron chi connectivity index (χ4n) is 6.75. The predicted molar refractivity (Wildman–Crippen MR) is 100 cm³/mol. The third-order valence-electron chi connectivity index (χ3n) is 7.75. The van der Waals surface area contributed by atoms with Crippen molar-refractivity contribution >= 4 is 11.8 Å². The molecule has 2 amide bonds. The number of carbonyl (C=O) groups is 2. The molecule has 0 unspecified atom stereocenters. The van der Waals surface area contributed by atoms with E-state index in [1.807, 2.05) is 18.9 Å². The number of hydrogen-bond acceptors (Lipinski definition) is 4. The van der Waals surface area contributed by atoms with Gasteiger partial charge in [-0.2, -0.15) is 0 Å². The molecule has 1 aromatic rings. The Morgan fingerprint density at radius 2 is 1.64 bits per heavy atom. The topological polar surface area (TPSA) is 59.1 Å². The molecule has 4 saturated carbocycles. The number of carbonyl (C=O) groups excluding carboxylic acids is 2. The molecule has 7 rings (SSSR count). The summed E-state index contributed by atoms with van der Waals surface area (Å²) in [6, 6.07) is 5.46. The molecule has 0 N–H and O–H groups in total. The fraction of sp³-hybridized carbons (Fsp3) is 0.636. The molecule has 1 saturated heterocycles. The van der Waals surface area contributed by atoms with Gasteiger partial charge in [0, 0.05) is 5.56 Å². The number of fused-ring (bicyclic) bond motifs is 1. The number of nitrogens with zero attached hydrogens (tertiary/aromatic N) is 2. The van der Waals surface area contributed by atoms with Crippen LogP contribution in [0, 0.1) is 23.7 Å². The standard InChI is InChI=1S/C22H26N2O4/c1-22(2)21(26)23(19-15-6-12-5-13(8-15)9-16(19)7-12)24(22)20(25)14-3-4-17-18(10-14)28-11-27-17/h3-4,10,12-13,15-16,19H,5-9,11H2,1-2H3. The summed E-state index contributed by atoms with van der Waals surface area (Å²) in [5.74, 6) is 3.97. The second kappa shape index (κ2) is 5.43. The summed E-state index contributed by atoms with van der Waals surface area (Å²) in [5, 5.41) is 3.56. The minimum absolute atomic E-state index is 0.0825. The van der Waals surface area contributed by atoms with Crippen molar-refractivity contribution in [1.29, 1.82) is 0 Å². The maximum Gasteiger partial charge on any atom is 0.273 e. The van der Waals surface area contributed by atoms with Crippen LogP contribution in [0.4, 0.5) is 0 Å². The van der Waals surface area contributed by atoms with Crippen LogP contribution in [0.25, 0.3) is 0 Å². The van der Waals surface area contributed by atoms with Crippen LogP contribution in [-0.4, -0.2) is 40.2 Å². The largest absolute Gasteiger partial charge is 0.454 e. The molecule has 2 heterocycles. The van der Waals surface area contributed by atoms with Crippen molar-refractivity contribution in [2.75, 3.05) is 6.79 Å². The van der Waals surface area contributed by atoms with E-state index in [4.69, 9.17) is 9.47 Å². The Labute approximate surface area is 164 Å². The minimum Gasteiger partial charge on any atom is -0.454 e. The van der Waals surface area contributed by atoms with Gasteiger partial charge in [0.15, 0.2) is 11.5 Å². The summed E-state index contributed by atoms with van der Waals surface area (Å²) in [6.07, 6.45) is 6.24. The van der Waals surface area contributed by atoms with Gasteiger partial charge < -0.3 is 9.47 Å². The predicted octanol–water partition coefficient (Wildman–Crippen LogP) is 3.22. The maximum absolute atomic E-state index is 13.5. The lowest BCUT2D eigenvalue weighted by Crippen LogP contribution is -2.80. The summed E-state index contributed by atoms with van der Waals surface area (Å²) >= 11 is 0. The number of hydrazine groups is 1. The van der Waals surface area contributed by atoms with Crippen molar-refractivity contribution in [2.45, 2.75) is 57.5 Å². The van der Waals surface area contributed by atoms with Crippen molar-refractivity contribution in [1.82, 2.24) is 10.0 Å². The van der Waals surface area contributed by atoms with E-state index in [2.05, 4.69) is 0 Å². The Balaban J connectivity index is 1.33. The van der Waals surface area contributed by atoms with Gasteiger partial charge in [0.05, 0.1) is 6.04 Å². The summed E-state index contributed by atoms with van der Waals surface area (Å²) < 4.78 is 10.8. The quantitative estimate of drug-likeness (QED) is 0.788. The molecule has 1 aromatic carbocycles. The van der Waals surface area contributed by atoms with Gasteiger partial charge in [-0.3, -0.25) is 9.59 Å². The first-order chi connectivity index (χ1) is 13.4. The molecule has 4 aliphatic carbocycles. The zero-order valence-corrected chi connectivity index (χ0v) is 16.4. The number of ether oxygens (including phenoxy) is 2. The maximum atomic E-state index is 13.5. The van der Waals surface area contributed by atoms with Crippen LogP contribution < -0.4 is 9.47 Å². The lowest BCUT2D eigenvalue weighted by atomic mass is 9.53. The lowest BCUT2D eigenvalue weighted by Gasteiger charge is -2.65. The molecule has 0 radical (unpaired) electrons. The Morgan fingerprint density at radius 3 is 2.32 bits per heavy atom. The summed E-state index contributed by atoms with van der Waals surface area (Å²) in [5.41, 5.74) is -0.263. The van der Waals surface area contributed by atoms with Crippen LogP contribution >= 0.6 is 0 Å². The summed E-state index contributed by atoms with van der Waals surface area (Å²) in [6.45, 7) is 3.89. The second-order valence-electron chi connectivity index (χ2n) is 9.82. The molecule has 5 fully saturated rings. The highest BCUT2D eigenvalue weighted by atomic mass is 16.7. The van der Waals surface area contributed by atoms with E-state index in [0.717, 1.165) is 11.8 Å². The highest BCUT2D eigenvalue weighted by Gasteiger charge is 2.62. The zero-order valence-electron chi connectivity index (χ0n) is 16.4. The van der Waals surface area contributed by atoms with Crippen LogP contribution in [0.3, 0.4) is 0 Å². The molecular formula is C22H26N2O4. The third-order valence-corrected chi connectivity index (χ3v) is 7.75. The lowest BCUT2D eigenvalue weighted by molar-refractivity contribution is -0.230. The molecule has 0 atom stereocenters. The average Bonchev–Trinajstić information content (AvgIpc) is 3.13. The van der Waals surface area contributed by atoms with Crippen molar-refractivity contribution in [3.05, 3.63) is 23.8 Å². The molecule has 4 bridgehead atoms. The molecule has 6 aliphatic rings. The van der Waals surface area contributed by atoms with Crippen molar-refractivity contribution in [2.24, 2.45) is 23.7 Å². The van der Waals surface area contributed by atoms with Gasteiger partial charge in [-0.1, -0.05) is 0 Å². The van der Waals surface area contributed by atoms with Crippen LogP contribution in [0.5, 0.6) is 11.5 Å². The summed E-state index contributed by atoms with van der Waals surface area (Å²) in [7, 11) is 0. The van der Waals surface area contributed by atoms with E-state index in [1.165, 1.54) is 32.1 Å². The highest BCUT2D eigenvalue weighted by molar-refractivity contribution is 6.04. The minimum atomic E-state index is -0.803. The molecule has 0 aromatic heterocycles. The van der Waals surface area contributed by atoms with E-state index in [1.54, 1.807) is 23.2 Å². The molecule has 148 valence electrons. The Bertz CT molecular complexity index is 851. The number of amides is 2. The Kier molecular flexibility index (Phi) is 3.23. The van der Waals surface area contributed by atoms with E-state index < -0.39 is 5.54 Å². The van der Waals surface area contributed by atoms with Crippen molar-refractivity contribution < 1.29 is 19.1 Å². The fourth-order valence-corrected chi connectivity index (χ4v) is 6.75. The number of benzene rings is 1. The van der Waals surface area contributed by atoms with Crippen LogP contribution in [0.15, 0.2) is 18.2 Å². The molecule has 2 aliphatic heterocycles. The molecule has 0 spiro atoms. The van der Waals surface area contributed by atoms with Crippen LogP contribution in [0.1, 0.15) is 56.3 Å². The summed E-state index contributed by atoms with van der Waals surface area (Å²) in [4.78, 5) is 26.6. The number of hydrogen-bond donors (Lipinski definition) is 0. The average molecular weight is 382 g/mol. The highest BCUT2D eigenvalue weighted by Crippen LogP contribution is 2.57. The molecular weight excluding hydrogens is 356 g/mol. The first-order valence-corrected chi connectivity index (χ1v) is 10.5. The zero-order chi connectivity index (χ0) is 19.2. The van der Waals surface area contributed by atoms with Gasteiger partial charge in [0.2, 0.25) is 6.79 Å². The Hall–Kier alpha value is -2.24. The van der Waals surface area contributed by atoms with Crippen LogP contribution in [-0.2, 0) is 4.79 Å². The SMILES string of the molecule is CC1(C)C(=O)N(C2C3CC4CC(C3)CC2C4)N1C(=O)c1ccc2c(c1)OCO2. The second-order valence-corrected chi connectivity index (χ2v) is 9.82. The normalized spacial score (nSPS) is 36.6.